The number of ketones is 1. The van der Waals surface area contributed by atoms with Gasteiger partial charge in [-0.1, -0.05) is 19.3 Å². The van der Waals surface area contributed by atoms with Crippen molar-refractivity contribution in [1.29, 1.82) is 0 Å². The number of hydrogen-bond acceptors (Lipinski definition) is 6. The average molecular weight is 397 g/mol. The van der Waals surface area contributed by atoms with E-state index in [0.717, 1.165) is 31.2 Å². The largest absolute Gasteiger partial charge is 0.481 e. The Balaban J connectivity index is 1.80. The van der Waals surface area contributed by atoms with Crippen LogP contribution in [0.5, 0.6) is 0 Å². The summed E-state index contributed by atoms with van der Waals surface area (Å²) >= 11 is 0. The number of Topliss-reactive ketones (excluding diaryl/α,β-unsaturated/α-hetero) is 1. The number of nitrogens with one attached hydrogen (secondary N) is 1. The van der Waals surface area contributed by atoms with E-state index in [1.807, 2.05) is 6.92 Å². The molecule has 0 saturated heterocycles. The molecule has 1 heterocycles. The first-order chi connectivity index (χ1) is 12.7. The molecule has 27 heavy (non-hydrogen) atoms. The molecule has 0 aliphatic heterocycles. The van der Waals surface area contributed by atoms with Crippen LogP contribution in [-0.4, -0.2) is 50.5 Å². The summed E-state index contributed by atoms with van der Waals surface area (Å²) in [5.74, 6) is -0.832. The highest BCUT2D eigenvalue weighted by atomic mass is 31.2. The molecule has 1 aromatic rings. The number of rotatable bonds is 10. The van der Waals surface area contributed by atoms with Gasteiger partial charge >= 0.3 is 5.97 Å². The number of aromatic nitrogens is 1. The average Bonchev–Trinajstić information content (AvgIpc) is 2.59. The maximum atomic E-state index is 12.2. The number of pyridine rings is 1. The zero-order valence-corrected chi connectivity index (χ0v) is 16.7. The lowest BCUT2D eigenvalue weighted by Crippen LogP contribution is -2.29. The first-order valence-corrected chi connectivity index (χ1v) is 11.6. The molecule has 0 radical (unpaired) electrons. The fourth-order valence-corrected chi connectivity index (χ4v) is 5.59. The topological polar surface area (TPSA) is 120 Å². The van der Waals surface area contributed by atoms with Crippen molar-refractivity contribution in [3.05, 3.63) is 29.6 Å². The molecule has 7 nitrogen and oxygen atoms in total. The number of aliphatic carboxylic acids is 1. The van der Waals surface area contributed by atoms with Crippen LogP contribution in [0.1, 0.15) is 56.3 Å². The van der Waals surface area contributed by atoms with Crippen LogP contribution < -0.4 is 5.32 Å². The van der Waals surface area contributed by atoms with Gasteiger partial charge in [-0.15, -0.1) is 0 Å². The number of carbonyl (C=O) groups excluding carboxylic acids is 1. The van der Waals surface area contributed by atoms with E-state index >= 15 is 0 Å². The number of carboxylic acid groups (broad SMARTS) is 1. The summed E-state index contributed by atoms with van der Waals surface area (Å²) in [5.41, 5.74) is 1.30. The standard InChI is InChI=1S/C19H29N2O5P/c1-14(16-7-8-20-17(9-16)10-19(23)24)21-11-18(22)13-27(25,26)12-15-5-3-2-4-6-15/h7-9,14-15,21,25-26H,2-6,10-13H2,1H3/p+1. The van der Waals surface area contributed by atoms with Gasteiger partial charge in [0.25, 0.3) is 7.72 Å². The number of carboxylic acids is 1. The third-order valence-corrected chi connectivity index (χ3v) is 6.94. The van der Waals surface area contributed by atoms with Crippen LogP contribution in [0.25, 0.3) is 0 Å². The first kappa shape index (κ1) is 21.9. The molecule has 0 bridgehead atoms. The Morgan fingerprint density at radius 2 is 2.00 bits per heavy atom. The van der Waals surface area contributed by atoms with Gasteiger partial charge in [0.15, 0.2) is 11.9 Å². The van der Waals surface area contributed by atoms with Gasteiger partial charge in [-0.3, -0.25) is 14.6 Å². The van der Waals surface area contributed by atoms with Gasteiger partial charge in [0.05, 0.1) is 18.7 Å². The van der Waals surface area contributed by atoms with Gasteiger partial charge in [-0.05, 0) is 43.4 Å². The van der Waals surface area contributed by atoms with Crippen LogP contribution in [0.4, 0.5) is 0 Å². The summed E-state index contributed by atoms with van der Waals surface area (Å²) in [6.45, 7) is 1.92. The molecule has 4 N–H and O–H groups in total. The Hall–Kier alpha value is -1.40. The third-order valence-electron chi connectivity index (χ3n) is 4.98. The molecule has 1 aliphatic carbocycles. The van der Waals surface area contributed by atoms with Crippen LogP contribution in [0.3, 0.4) is 0 Å². The van der Waals surface area contributed by atoms with E-state index < -0.39 is 13.7 Å². The minimum atomic E-state index is -3.19. The van der Waals surface area contributed by atoms with E-state index in [1.165, 1.54) is 6.42 Å². The molecule has 1 atom stereocenters. The molecule has 1 fully saturated rings. The van der Waals surface area contributed by atoms with E-state index in [9.17, 15) is 19.4 Å². The second kappa shape index (κ2) is 10.2. The highest BCUT2D eigenvalue weighted by Crippen LogP contribution is 2.53. The molecule has 0 amide bonds. The highest BCUT2D eigenvalue weighted by molar-refractivity contribution is 7.65. The van der Waals surface area contributed by atoms with Crippen LogP contribution in [0, 0.1) is 5.92 Å². The maximum absolute atomic E-state index is 12.2. The minimum Gasteiger partial charge on any atom is -0.481 e. The quantitative estimate of drug-likeness (QED) is 0.447. The molecular formula is C19H30N2O5P+. The lowest BCUT2D eigenvalue weighted by atomic mass is 9.91. The molecule has 8 heteroatoms. The van der Waals surface area contributed by atoms with Gasteiger partial charge in [0, 0.05) is 12.2 Å². The predicted molar refractivity (Wildman–Crippen MR) is 105 cm³/mol. The van der Waals surface area contributed by atoms with Crippen molar-refractivity contribution in [3.63, 3.8) is 0 Å². The molecule has 1 aromatic heterocycles. The summed E-state index contributed by atoms with van der Waals surface area (Å²) in [5, 5.41) is 11.9. The Morgan fingerprint density at radius 3 is 2.67 bits per heavy atom. The summed E-state index contributed by atoms with van der Waals surface area (Å²) < 4.78 is 0. The number of carbonyl (C=O) groups is 2. The summed E-state index contributed by atoms with van der Waals surface area (Å²) in [4.78, 5) is 47.6. The van der Waals surface area contributed by atoms with Gasteiger partial charge in [-0.25, -0.2) is 9.79 Å². The fourth-order valence-electron chi connectivity index (χ4n) is 3.59. The summed E-state index contributed by atoms with van der Waals surface area (Å²) in [6.07, 6.45) is 7.10. The van der Waals surface area contributed by atoms with Crippen LogP contribution in [-0.2, 0) is 16.0 Å². The number of hydrogen-bond donors (Lipinski definition) is 4. The minimum absolute atomic E-state index is 0.0469. The van der Waals surface area contributed by atoms with Gasteiger partial charge < -0.3 is 10.4 Å². The fraction of sp³-hybridized carbons (Fsp3) is 0.632. The maximum Gasteiger partial charge on any atom is 0.309 e. The highest BCUT2D eigenvalue weighted by Gasteiger charge is 2.39. The zero-order valence-electron chi connectivity index (χ0n) is 15.8. The summed E-state index contributed by atoms with van der Waals surface area (Å²) in [6, 6.07) is 3.30. The normalized spacial score (nSPS) is 16.9. The van der Waals surface area contributed by atoms with E-state index in [2.05, 4.69) is 10.3 Å². The van der Waals surface area contributed by atoms with E-state index in [1.54, 1.807) is 18.3 Å². The molecular weight excluding hydrogens is 367 g/mol. The van der Waals surface area contributed by atoms with Crippen LogP contribution in [0.15, 0.2) is 18.3 Å². The monoisotopic (exact) mass is 397 g/mol. The molecule has 2 rings (SSSR count). The second-order valence-electron chi connectivity index (χ2n) is 7.52. The van der Waals surface area contributed by atoms with Crippen molar-refractivity contribution in [3.8, 4) is 0 Å². The van der Waals surface area contributed by atoms with Crippen molar-refractivity contribution in [1.82, 2.24) is 10.3 Å². The SMILES string of the molecule is CC(NCC(=O)C[P+](O)(O)CC1CCCCC1)c1ccnc(CC(=O)O)c1. The van der Waals surface area contributed by atoms with Crippen molar-refractivity contribution < 1.29 is 24.5 Å². The predicted octanol–water partition coefficient (Wildman–Crippen LogP) is 2.34. The first-order valence-electron chi connectivity index (χ1n) is 9.49. The zero-order chi connectivity index (χ0) is 19.9. The molecule has 0 aromatic carbocycles. The molecule has 1 unspecified atom stereocenters. The Labute approximate surface area is 160 Å². The summed E-state index contributed by atoms with van der Waals surface area (Å²) in [7, 11) is -3.19. The lowest BCUT2D eigenvalue weighted by molar-refractivity contribution is -0.136. The number of nitrogens with zero attached hydrogens (tertiary/aromatic N) is 1. The van der Waals surface area contributed by atoms with Crippen molar-refractivity contribution in [2.75, 3.05) is 18.9 Å². The molecule has 1 saturated carbocycles. The Kier molecular flexibility index (Phi) is 8.29. The molecule has 150 valence electrons. The smallest absolute Gasteiger partial charge is 0.309 e. The van der Waals surface area contributed by atoms with Gasteiger partial charge in [-0.2, -0.15) is 0 Å². The van der Waals surface area contributed by atoms with Crippen LogP contribution in [0.2, 0.25) is 0 Å². The van der Waals surface area contributed by atoms with Crippen LogP contribution >= 0.6 is 7.72 Å². The van der Waals surface area contributed by atoms with Crippen molar-refractivity contribution in [2.24, 2.45) is 5.92 Å². The van der Waals surface area contributed by atoms with Gasteiger partial charge in [0.1, 0.15) is 6.16 Å². The van der Waals surface area contributed by atoms with E-state index in [0.29, 0.717) is 17.8 Å². The molecule has 0 spiro atoms. The second-order valence-corrected chi connectivity index (χ2v) is 9.95. The lowest BCUT2D eigenvalue weighted by Gasteiger charge is -2.23. The van der Waals surface area contributed by atoms with E-state index in [-0.39, 0.29) is 31.0 Å². The van der Waals surface area contributed by atoms with Gasteiger partial charge in [0.2, 0.25) is 0 Å². The Morgan fingerprint density at radius 1 is 1.30 bits per heavy atom. The van der Waals surface area contributed by atoms with E-state index in [4.69, 9.17) is 5.11 Å². The van der Waals surface area contributed by atoms with Crippen molar-refractivity contribution >= 4 is 19.5 Å². The Bertz CT molecular complexity index is 647. The molecule has 1 aliphatic rings. The third kappa shape index (κ3) is 8.01. The van der Waals surface area contributed by atoms with Crippen molar-refractivity contribution in [2.45, 2.75) is 51.5 Å².